The van der Waals surface area contributed by atoms with Crippen molar-refractivity contribution in [3.8, 4) is 0 Å². The molecule has 1 aromatic carbocycles. The summed E-state index contributed by atoms with van der Waals surface area (Å²) in [5.41, 5.74) is 1.97. The highest BCUT2D eigenvalue weighted by Gasteiger charge is 2.30. The number of benzene rings is 1. The Morgan fingerprint density at radius 3 is 2.69 bits per heavy atom. The second-order valence-electron chi connectivity index (χ2n) is 8.99. The number of halogens is 1. The first-order valence-corrected chi connectivity index (χ1v) is 11.4. The van der Waals surface area contributed by atoms with E-state index in [0.717, 1.165) is 44.1 Å². The third kappa shape index (κ3) is 4.74. The van der Waals surface area contributed by atoms with Gasteiger partial charge in [-0.05, 0) is 49.3 Å². The third-order valence-electron chi connectivity index (χ3n) is 6.43. The number of hydrogen-bond acceptors (Lipinski definition) is 5. The molecular weight excluding hydrogens is 409 g/mol. The van der Waals surface area contributed by atoms with E-state index in [-0.39, 0.29) is 29.6 Å². The van der Waals surface area contributed by atoms with Gasteiger partial charge in [0.2, 0.25) is 18.3 Å². The molecule has 1 atom stereocenters. The molecule has 0 spiro atoms. The molecule has 0 radical (unpaired) electrons. The van der Waals surface area contributed by atoms with Crippen molar-refractivity contribution in [3.63, 3.8) is 0 Å². The van der Waals surface area contributed by atoms with Gasteiger partial charge in [-0.2, -0.15) is 4.98 Å². The number of amides is 2. The van der Waals surface area contributed by atoms with Gasteiger partial charge in [-0.1, -0.05) is 32.8 Å². The number of hydrogen-bond donors (Lipinski definition) is 2. The lowest BCUT2D eigenvalue weighted by molar-refractivity contribution is -0.122. The predicted molar refractivity (Wildman–Crippen MR) is 121 cm³/mol. The molecule has 1 aliphatic carbocycles. The molecule has 1 aliphatic heterocycles. The lowest BCUT2D eigenvalue weighted by Gasteiger charge is -2.26. The van der Waals surface area contributed by atoms with Crippen LogP contribution in [0.4, 0.5) is 21.8 Å². The van der Waals surface area contributed by atoms with E-state index in [0.29, 0.717) is 36.0 Å². The summed E-state index contributed by atoms with van der Waals surface area (Å²) in [5.74, 6) is 0.508. The van der Waals surface area contributed by atoms with Crippen LogP contribution in [0.25, 0.3) is 0 Å². The van der Waals surface area contributed by atoms with E-state index >= 15 is 0 Å². The van der Waals surface area contributed by atoms with Crippen LogP contribution in [0.5, 0.6) is 0 Å². The smallest absolute Gasteiger partial charge is 0.229 e. The molecule has 2 fully saturated rings. The van der Waals surface area contributed by atoms with Crippen LogP contribution in [0.15, 0.2) is 24.4 Å². The maximum Gasteiger partial charge on any atom is 0.229 e. The first-order valence-electron chi connectivity index (χ1n) is 11.4. The second kappa shape index (κ2) is 9.63. The third-order valence-corrected chi connectivity index (χ3v) is 6.43. The van der Waals surface area contributed by atoms with Gasteiger partial charge in [0.1, 0.15) is 11.6 Å². The zero-order valence-electron chi connectivity index (χ0n) is 18.6. The van der Waals surface area contributed by atoms with Gasteiger partial charge in [0.15, 0.2) is 0 Å². The summed E-state index contributed by atoms with van der Waals surface area (Å²) in [6.45, 7) is 4.56. The topological polar surface area (TPSA) is 87.2 Å². The van der Waals surface area contributed by atoms with Crippen molar-refractivity contribution >= 4 is 29.8 Å². The van der Waals surface area contributed by atoms with Crippen LogP contribution in [0.1, 0.15) is 63.0 Å². The molecule has 1 aromatic heterocycles. The molecule has 170 valence electrons. The molecule has 2 aromatic rings. The minimum absolute atomic E-state index is 0.0254. The highest BCUT2D eigenvalue weighted by Crippen LogP contribution is 2.31. The SMILES string of the molecule is CC(C)c1ccc(Nc2ncc(C[C@@H]3CCNC3=O)c(N(C=O)C3CCCC3)n2)cc1F. The van der Waals surface area contributed by atoms with Gasteiger partial charge in [-0.25, -0.2) is 9.37 Å². The minimum Gasteiger partial charge on any atom is -0.356 e. The van der Waals surface area contributed by atoms with Crippen LogP contribution in [0.2, 0.25) is 0 Å². The van der Waals surface area contributed by atoms with Crippen molar-refractivity contribution in [2.45, 2.75) is 64.3 Å². The Hall–Kier alpha value is -3.03. The van der Waals surface area contributed by atoms with Crippen LogP contribution in [0, 0.1) is 11.7 Å². The Balaban J connectivity index is 1.64. The molecule has 1 saturated carbocycles. The molecule has 2 aliphatic rings. The van der Waals surface area contributed by atoms with Crippen LogP contribution in [-0.4, -0.2) is 34.9 Å². The van der Waals surface area contributed by atoms with E-state index in [1.165, 1.54) is 6.07 Å². The fourth-order valence-corrected chi connectivity index (χ4v) is 4.62. The summed E-state index contributed by atoms with van der Waals surface area (Å²) in [6, 6.07) is 5.08. The van der Waals surface area contributed by atoms with Crippen molar-refractivity contribution in [3.05, 3.63) is 41.3 Å². The monoisotopic (exact) mass is 439 g/mol. The molecule has 32 heavy (non-hydrogen) atoms. The zero-order chi connectivity index (χ0) is 22.7. The van der Waals surface area contributed by atoms with Crippen LogP contribution in [0.3, 0.4) is 0 Å². The maximum absolute atomic E-state index is 14.4. The number of carbonyl (C=O) groups excluding carboxylic acids is 2. The molecule has 1 saturated heterocycles. The van der Waals surface area contributed by atoms with Crippen molar-refractivity contribution in [1.82, 2.24) is 15.3 Å². The van der Waals surface area contributed by atoms with Crippen molar-refractivity contribution in [2.24, 2.45) is 5.92 Å². The number of aromatic nitrogens is 2. The quantitative estimate of drug-likeness (QED) is 0.606. The van der Waals surface area contributed by atoms with Gasteiger partial charge >= 0.3 is 0 Å². The van der Waals surface area contributed by atoms with Gasteiger partial charge in [0.05, 0.1) is 0 Å². The number of carbonyl (C=O) groups is 2. The molecule has 0 unspecified atom stereocenters. The molecule has 2 amide bonds. The molecule has 7 nitrogen and oxygen atoms in total. The van der Waals surface area contributed by atoms with Gasteiger partial charge in [-0.3, -0.25) is 14.5 Å². The highest BCUT2D eigenvalue weighted by molar-refractivity contribution is 5.82. The summed E-state index contributed by atoms with van der Waals surface area (Å²) in [7, 11) is 0. The Labute approximate surface area is 187 Å². The number of nitrogens with zero attached hydrogens (tertiary/aromatic N) is 3. The Morgan fingerprint density at radius 2 is 2.06 bits per heavy atom. The minimum atomic E-state index is -0.283. The van der Waals surface area contributed by atoms with Crippen molar-refractivity contribution in [1.29, 1.82) is 0 Å². The zero-order valence-corrected chi connectivity index (χ0v) is 18.6. The number of nitrogens with one attached hydrogen (secondary N) is 2. The molecule has 2 heterocycles. The highest BCUT2D eigenvalue weighted by atomic mass is 19.1. The molecule has 8 heteroatoms. The van der Waals surface area contributed by atoms with Crippen LogP contribution in [-0.2, 0) is 16.0 Å². The average Bonchev–Trinajstić information content (AvgIpc) is 3.43. The van der Waals surface area contributed by atoms with Crippen molar-refractivity contribution in [2.75, 3.05) is 16.8 Å². The number of anilines is 3. The molecule has 2 N–H and O–H groups in total. The molecule has 0 bridgehead atoms. The van der Waals surface area contributed by atoms with Gasteiger partial charge in [-0.15, -0.1) is 0 Å². The van der Waals surface area contributed by atoms with Gasteiger partial charge in [0.25, 0.3) is 0 Å². The first kappa shape index (κ1) is 22.2. The summed E-state index contributed by atoms with van der Waals surface area (Å²) < 4.78 is 14.4. The Kier molecular flexibility index (Phi) is 6.67. The van der Waals surface area contributed by atoms with E-state index in [4.69, 9.17) is 0 Å². The Morgan fingerprint density at radius 1 is 1.28 bits per heavy atom. The Bertz CT molecular complexity index is 990. The largest absolute Gasteiger partial charge is 0.356 e. The first-order chi connectivity index (χ1) is 15.5. The van der Waals surface area contributed by atoms with E-state index < -0.39 is 0 Å². The predicted octanol–water partition coefficient (Wildman–Crippen LogP) is 4.07. The van der Waals surface area contributed by atoms with Gasteiger partial charge < -0.3 is 10.6 Å². The molecule has 4 rings (SSSR count). The maximum atomic E-state index is 14.4. The summed E-state index contributed by atoms with van der Waals surface area (Å²) in [4.78, 5) is 35.0. The van der Waals surface area contributed by atoms with Crippen LogP contribution < -0.4 is 15.5 Å². The van der Waals surface area contributed by atoms with Crippen molar-refractivity contribution < 1.29 is 14.0 Å². The van der Waals surface area contributed by atoms with E-state index in [2.05, 4.69) is 20.6 Å². The summed E-state index contributed by atoms with van der Waals surface area (Å²) >= 11 is 0. The van der Waals surface area contributed by atoms with E-state index in [1.807, 2.05) is 13.8 Å². The fourth-order valence-electron chi connectivity index (χ4n) is 4.62. The lowest BCUT2D eigenvalue weighted by Crippen LogP contribution is -2.34. The fraction of sp³-hybridized carbons (Fsp3) is 0.500. The van der Waals surface area contributed by atoms with E-state index in [9.17, 15) is 14.0 Å². The number of rotatable bonds is 8. The van der Waals surface area contributed by atoms with Gasteiger partial charge in [0, 0.05) is 36.0 Å². The van der Waals surface area contributed by atoms with E-state index in [1.54, 1.807) is 23.2 Å². The summed E-state index contributed by atoms with van der Waals surface area (Å²) in [6.07, 6.45) is 7.76. The van der Waals surface area contributed by atoms with Crippen LogP contribution >= 0.6 is 0 Å². The standard InChI is InChI=1S/C24H30FN5O2/c1-15(2)20-8-7-18(12-21(20)25)28-24-27-13-17(11-16-9-10-26-23(16)32)22(29-24)30(14-31)19-5-3-4-6-19/h7-8,12-16,19H,3-6,9-11H2,1-2H3,(H,26,32)(H,27,28,29)/t16-/m0/s1. The second-order valence-corrected chi connectivity index (χ2v) is 8.99. The lowest BCUT2D eigenvalue weighted by atomic mass is 9.99. The normalized spacial score (nSPS) is 18.8. The average molecular weight is 440 g/mol. The molecular formula is C24H30FN5O2. The summed E-state index contributed by atoms with van der Waals surface area (Å²) in [5, 5.41) is 5.92.